The van der Waals surface area contributed by atoms with Gasteiger partial charge >= 0.3 is 0 Å². The molecule has 4 aromatic carbocycles. The maximum absolute atomic E-state index is 2.41. The van der Waals surface area contributed by atoms with Gasteiger partial charge in [-0.3, -0.25) is 0 Å². The SMILES string of the molecule is C1=C(Cc2ccccc2)C=C(c2ccccc2P(c2ccccc2)c2ccccc2)C1. The molecular weight excluding hydrogens is 391 g/mol. The minimum Gasteiger partial charge on any atom is -0.0765 e. The Morgan fingerprint density at radius 2 is 1.13 bits per heavy atom. The monoisotopic (exact) mass is 416 g/mol. The molecule has 0 spiro atoms. The lowest BCUT2D eigenvalue weighted by Crippen LogP contribution is -2.22. The zero-order valence-corrected chi connectivity index (χ0v) is 18.4. The molecule has 0 unspecified atom stereocenters. The van der Waals surface area contributed by atoms with Gasteiger partial charge in [0.2, 0.25) is 0 Å². The highest BCUT2D eigenvalue weighted by Gasteiger charge is 2.21. The van der Waals surface area contributed by atoms with Gasteiger partial charge in [0.25, 0.3) is 0 Å². The fourth-order valence-electron chi connectivity index (χ4n) is 4.25. The Hall–Kier alpha value is -3.21. The normalized spacial score (nSPS) is 13.2. The number of rotatable bonds is 6. The van der Waals surface area contributed by atoms with Crippen molar-refractivity contribution in [2.24, 2.45) is 0 Å². The fourth-order valence-corrected chi connectivity index (χ4v) is 6.74. The molecule has 0 nitrogen and oxygen atoms in total. The van der Waals surface area contributed by atoms with Crippen LogP contribution in [-0.4, -0.2) is 0 Å². The maximum atomic E-state index is 2.41. The topological polar surface area (TPSA) is 0 Å². The molecule has 5 rings (SSSR count). The van der Waals surface area contributed by atoms with Gasteiger partial charge in [0.15, 0.2) is 0 Å². The van der Waals surface area contributed by atoms with Crippen molar-refractivity contribution in [2.75, 3.05) is 0 Å². The molecule has 0 saturated heterocycles. The zero-order chi connectivity index (χ0) is 20.9. The van der Waals surface area contributed by atoms with Crippen molar-refractivity contribution in [1.29, 1.82) is 0 Å². The predicted octanol–water partition coefficient (Wildman–Crippen LogP) is 6.40. The molecule has 150 valence electrons. The second-order valence-electron chi connectivity index (χ2n) is 7.84. The van der Waals surface area contributed by atoms with Crippen LogP contribution in [0.15, 0.2) is 133 Å². The maximum Gasteiger partial charge on any atom is -0.00287 e. The van der Waals surface area contributed by atoms with Gasteiger partial charge in [-0.15, -0.1) is 0 Å². The molecule has 0 aromatic heterocycles. The summed E-state index contributed by atoms with van der Waals surface area (Å²) in [6.45, 7) is 0. The van der Waals surface area contributed by atoms with Crippen LogP contribution in [0.5, 0.6) is 0 Å². The Morgan fingerprint density at radius 3 is 1.77 bits per heavy atom. The van der Waals surface area contributed by atoms with Gasteiger partial charge in [-0.2, -0.15) is 0 Å². The molecule has 0 aliphatic heterocycles. The third kappa shape index (κ3) is 4.46. The highest BCUT2D eigenvalue weighted by molar-refractivity contribution is 7.80. The molecule has 0 fully saturated rings. The third-order valence-corrected chi connectivity index (χ3v) is 8.22. The van der Waals surface area contributed by atoms with Crippen molar-refractivity contribution in [3.63, 3.8) is 0 Å². The van der Waals surface area contributed by atoms with Gasteiger partial charge in [0.1, 0.15) is 0 Å². The lowest BCUT2D eigenvalue weighted by Gasteiger charge is -2.22. The van der Waals surface area contributed by atoms with E-state index in [9.17, 15) is 0 Å². The Labute approximate surface area is 186 Å². The molecule has 1 heteroatoms. The smallest absolute Gasteiger partial charge is 0.00287 e. The van der Waals surface area contributed by atoms with E-state index >= 15 is 0 Å². The van der Waals surface area contributed by atoms with E-state index in [1.54, 1.807) is 0 Å². The molecule has 1 aliphatic carbocycles. The molecule has 0 amide bonds. The van der Waals surface area contributed by atoms with Crippen LogP contribution in [0.25, 0.3) is 5.57 Å². The minimum atomic E-state index is -0.609. The Balaban J connectivity index is 1.53. The second kappa shape index (κ2) is 9.29. The molecule has 0 bridgehead atoms. The van der Waals surface area contributed by atoms with Crippen LogP contribution in [0.1, 0.15) is 17.5 Å². The van der Waals surface area contributed by atoms with Crippen molar-refractivity contribution in [2.45, 2.75) is 12.8 Å². The molecule has 4 aromatic rings. The molecular formula is C30H25P. The van der Waals surface area contributed by atoms with Crippen LogP contribution in [0, 0.1) is 0 Å². The van der Waals surface area contributed by atoms with E-state index in [1.165, 1.54) is 38.2 Å². The van der Waals surface area contributed by atoms with Crippen molar-refractivity contribution in [3.8, 4) is 0 Å². The summed E-state index contributed by atoms with van der Waals surface area (Å²) >= 11 is 0. The second-order valence-corrected chi connectivity index (χ2v) is 10.0. The Kier molecular flexibility index (Phi) is 5.92. The van der Waals surface area contributed by atoms with Crippen LogP contribution in [0.2, 0.25) is 0 Å². The lowest BCUT2D eigenvalue weighted by atomic mass is 10.0. The zero-order valence-electron chi connectivity index (χ0n) is 17.5. The van der Waals surface area contributed by atoms with Crippen molar-refractivity contribution in [3.05, 3.63) is 144 Å². The van der Waals surface area contributed by atoms with E-state index < -0.39 is 7.92 Å². The summed E-state index contributed by atoms with van der Waals surface area (Å²) in [6.07, 6.45) is 6.81. The minimum absolute atomic E-state index is 0.609. The first-order chi connectivity index (χ1) is 15.4. The van der Waals surface area contributed by atoms with E-state index in [1.807, 2.05) is 0 Å². The fraction of sp³-hybridized carbons (Fsp3) is 0.0667. The Bertz CT molecular complexity index is 1170. The van der Waals surface area contributed by atoms with Crippen molar-refractivity contribution >= 4 is 29.4 Å². The molecule has 0 atom stereocenters. The highest BCUT2D eigenvalue weighted by Crippen LogP contribution is 2.38. The molecule has 1 aliphatic rings. The summed E-state index contributed by atoms with van der Waals surface area (Å²) in [5.41, 5.74) is 5.61. The lowest BCUT2D eigenvalue weighted by molar-refractivity contribution is 1.20. The number of allylic oxidation sites excluding steroid dienone is 4. The molecule has 0 N–H and O–H groups in total. The van der Waals surface area contributed by atoms with Gasteiger partial charge < -0.3 is 0 Å². The average Bonchev–Trinajstić information content (AvgIpc) is 3.30. The van der Waals surface area contributed by atoms with Crippen LogP contribution >= 0.6 is 7.92 Å². The average molecular weight is 417 g/mol. The summed E-state index contributed by atoms with van der Waals surface area (Å²) in [4.78, 5) is 0. The van der Waals surface area contributed by atoms with E-state index in [-0.39, 0.29) is 0 Å². The van der Waals surface area contributed by atoms with Crippen molar-refractivity contribution < 1.29 is 0 Å². The number of benzene rings is 4. The molecule has 0 saturated carbocycles. The number of hydrogen-bond acceptors (Lipinski definition) is 0. The number of hydrogen-bond donors (Lipinski definition) is 0. The van der Waals surface area contributed by atoms with Crippen LogP contribution in [0.4, 0.5) is 0 Å². The van der Waals surface area contributed by atoms with Crippen LogP contribution in [-0.2, 0) is 6.42 Å². The van der Waals surface area contributed by atoms with E-state index in [2.05, 4.69) is 127 Å². The predicted molar refractivity (Wildman–Crippen MR) is 136 cm³/mol. The van der Waals surface area contributed by atoms with Crippen LogP contribution < -0.4 is 15.9 Å². The summed E-state index contributed by atoms with van der Waals surface area (Å²) < 4.78 is 0. The van der Waals surface area contributed by atoms with Crippen molar-refractivity contribution in [1.82, 2.24) is 0 Å². The first kappa shape index (κ1) is 19.7. The quantitative estimate of drug-likeness (QED) is 0.319. The summed E-state index contributed by atoms with van der Waals surface area (Å²) in [5, 5.41) is 4.23. The van der Waals surface area contributed by atoms with Gasteiger partial charge in [-0.1, -0.05) is 127 Å². The van der Waals surface area contributed by atoms with E-state index in [0.29, 0.717) is 0 Å². The first-order valence-electron chi connectivity index (χ1n) is 10.8. The third-order valence-electron chi connectivity index (χ3n) is 5.71. The largest absolute Gasteiger partial charge is 0.0765 e. The standard InChI is InChI=1S/C30H25P/c1-4-12-24(13-5-1)22-25-20-21-26(23-25)29-18-10-11-19-30(29)31(27-14-6-2-7-15-27)28-16-8-3-9-17-28/h1-20,23H,21-22H2. The Morgan fingerprint density at radius 1 is 0.581 bits per heavy atom. The van der Waals surface area contributed by atoms with Gasteiger partial charge in [0, 0.05) is 0 Å². The van der Waals surface area contributed by atoms with E-state index in [0.717, 1.165) is 12.8 Å². The van der Waals surface area contributed by atoms with Crippen LogP contribution in [0.3, 0.4) is 0 Å². The van der Waals surface area contributed by atoms with E-state index in [4.69, 9.17) is 0 Å². The van der Waals surface area contributed by atoms with Gasteiger partial charge in [-0.25, -0.2) is 0 Å². The van der Waals surface area contributed by atoms with Gasteiger partial charge in [-0.05, 0) is 58.9 Å². The summed E-state index contributed by atoms with van der Waals surface area (Å²) in [7, 11) is -0.609. The molecule has 0 heterocycles. The summed E-state index contributed by atoms with van der Waals surface area (Å²) in [5.74, 6) is 0. The highest BCUT2D eigenvalue weighted by atomic mass is 31.1. The first-order valence-corrected chi connectivity index (χ1v) is 12.2. The molecule has 31 heavy (non-hydrogen) atoms. The van der Waals surface area contributed by atoms with Gasteiger partial charge in [0.05, 0.1) is 0 Å². The summed E-state index contributed by atoms with van der Waals surface area (Å²) in [6, 6.07) is 41.7. The molecule has 0 radical (unpaired) electrons.